The number of amides is 1. The van der Waals surface area contributed by atoms with E-state index in [2.05, 4.69) is 69.8 Å². The minimum absolute atomic E-state index is 0.119. The van der Waals surface area contributed by atoms with Gasteiger partial charge in [0, 0.05) is 18.5 Å². The molecule has 0 spiro atoms. The van der Waals surface area contributed by atoms with Crippen LogP contribution in [0, 0.1) is 10.1 Å². The maximum atomic E-state index is 12.5. The van der Waals surface area contributed by atoms with Crippen LogP contribution < -0.4 is 11.2 Å². The van der Waals surface area contributed by atoms with E-state index < -0.39 is 0 Å². The van der Waals surface area contributed by atoms with Crippen molar-refractivity contribution >= 4 is 35.2 Å². The molecule has 1 atom stereocenters. The molecule has 0 fully saturated rings. The van der Waals surface area contributed by atoms with E-state index >= 15 is 0 Å². The maximum Gasteiger partial charge on any atom is 0.263 e. The molecule has 0 bridgehead atoms. The van der Waals surface area contributed by atoms with Gasteiger partial charge in [0.15, 0.2) is 10.3 Å². The Balaban J connectivity index is 1.42. The summed E-state index contributed by atoms with van der Waals surface area (Å²) >= 11 is 5.16. The first-order valence-electron chi connectivity index (χ1n) is 12.5. The highest BCUT2D eigenvalue weighted by atomic mass is 32.1. The van der Waals surface area contributed by atoms with E-state index in [0.29, 0.717) is 17.2 Å². The van der Waals surface area contributed by atoms with Gasteiger partial charge in [0.2, 0.25) is 5.95 Å². The summed E-state index contributed by atoms with van der Waals surface area (Å²) in [5.74, 6) is -0.156. The third-order valence-corrected chi connectivity index (χ3v) is 7.13. The summed E-state index contributed by atoms with van der Waals surface area (Å²) in [5, 5.41) is 0. The summed E-state index contributed by atoms with van der Waals surface area (Å²) in [6.45, 7) is 10.8. The van der Waals surface area contributed by atoms with Gasteiger partial charge in [-0.15, -0.1) is 0 Å². The summed E-state index contributed by atoms with van der Waals surface area (Å²) in [4.78, 5) is 27.8. The molecule has 0 saturated heterocycles. The number of carbonyl (C=O) groups excluding carboxylic acids is 1. The predicted molar refractivity (Wildman–Crippen MR) is 154 cm³/mol. The molecule has 10 heteroatoms. The van der Waals surface area contributed by atoms with E-state index in [9.17, 15) is 4.79 Å². The third kappa shape index (κ3) is 6.08. The van der Waals surface area contributed by atoms with Crippen molar-refractivity contribution in [2.75, 3.05) is 11.2 Å². The molecule has 1 unspecified atom stereocenters. The Morgan fingerprint density at radius 1 is 1.26 bits per heavy atom. The van der Waals surface area contributed by atoms with E-state index in [1.165, 1.54) is 28.2 Å². The number of nitrogens with zero attached hydrogens (tertiary/aromatic N) is 5. The summed E-state index contributed by atoms with van der Waals surface area (Å²) < 4.78 is 3.91. The molecule has 0 radical (unpaired) electrons. The Morgan fingerprint density at radius 2 is 2.05 bits per heavy atom. The number of rotatable bonds is 7. The molecular weight excluding hydrogens is 496 g/mol. The van der Waals surface area contributed by atoms with Crippen molar-refractivity contribution in [3.63, 3.8) is 0 Å². The van der Waals surface area contributed by atoms with Crippen LogP contribution in [0.3, 0.4) is 0 Å². The summed E-state index contributed by atoms with van der Waals surface area (Å²) in [7, 11) is 0. The summed E-state index contributed by atoms with van der Waals surface area (Å²) in [6, 6.07) is 0.346. The molecule has 4 rings (SSSR count). The lowest BCUT2D eigenvalue weighted by atomic mass is 9.71. The fourth-order valence-electron chi connectivity index (χ4n) is 4.79. The number of hydrogen-bond donors (Lipinski definition) is 3. The zero-order valence-corrected chi connectivity index (χ0v) is 23.2. The average Bonchev–Trinajstić information content (AvgIpc) is 3.49. The molecule has 1 aliphatic rings. The fourth-order valence-corrected chi connectivity index (χ4v) is 5.04. The molecular formula is C28H34N8OS. The second-order valence-electron chi connectivity index (χ2n) is 10.3. The van der Waals surface area contributed by atoms with Crippen LogP contribution in [0.4, 0.5) is 5.95 Å². The van der Waals surface area contributed by atoms with Gasteiger partial charge in [-0.1, -0.05) is 62.0 Å². The average molecular weight is 531 g/mol. The zero-order valence-electron chi connectivity index (χ0n) is 22.4. The van der Waals surface area contributed by atoms with E-state index in [0.717, 1.165) is 24.0 Å². The number of nitrogens with one attached hydrogen (secondary N) is 2. The molecule has 0 aliphatic heterocycles. The third-order valence-electron chi connectivity index (χ3n) is 6.84. The number of imidazole rings is 2. The van der Waals surface area contributed by atoms with Crippen LogP contribution in [0.5, 0.6) is 0 Å². The van der Waals surface area contributed by atoms with Crippen molar-refractivity contribution in [3.8, 4) is 0 Å². The Labute approximate surface area is 227 Å². The van der Waals surface area contributed by atoms with Gasteiger partial charge < -0.3 is 15.3 Å². The van der Waals surface area contributed by atoms with Gasteiger partial charge in [-0.3, -0.25) is 10.2 Å². The highest BCUT2D eigenvalue weighted by Gasteiger charge is 2.32. The normalized spacial score (nSPS) is 18.7. The SMILES string of the molecule is CC(C=CC1=C(C)C(n2ccnc2)CCC1(C)C)=CC=CC(C)=CC(=O)Nn1cnc2c(=S)nc(N)[nH]c21. The van der Waals surface area contributed by atoms with Gasteiger partial charge in [0.25, 0.3) is 5.91 Å². The van der Waals surface area contributed by atoms with Crippen molar-refractivity contribution in [1.29, 1.82) is 0 Å². The summed E-state index contributed by atoms with van der Waals surface area (Å²) in [5.41, 5.74) is 14.2. The smallest absolute Gasteiger partial charge is 0.263 e. The van der Waals surface area contributed by atoms with Crippen LogP contribution >= 0.6 is 12.2 Å². The van der Waals surface area contributed by atoms with Crippen LogP contribution in [0.15, 0.2) is 83.8 Å². The number of carbonyl (C=O) groups is 1. The number of H-pyrrole nitrogens is 1. The van der Waals surface area contributed by atoms with Gasteiger partial charge in [0.1, 0.15) is 11.8 Å². The van der Waals surface area contributed by atoms with Crippen LogP contribution in [0.1, 0.15) is 53.5 Å². The molecule has 3 heterocycles. The number of aromatic amines is 1. The molecule has 3 aromatic rings. The highest BCUT2D eigenvalue weighted by Crippen LogP contribution is 2.45. The number of allylic oxidation sites excluding steroid dienone is 9. The van der Waals surface area contributed by atoms with Crippen LogP contribution in [-0.2, 0) is 4.79 Å². The van der Waals surface area contributed by atoms with Crippen molar-refractivity contribution in [2.24, 2.45) is 5.41 Å². The van der Waals surface area contributed by atoms with Gasteiger partial charge in [-0.2, -0.15) is 0 Å². The standard InChI is InChI=1S/C28H34N8OS/c1-18(9-10-21-20(3)22(11-12-28(21,4)5)35-14-13-30-16-35)7-6-8-19(2)15-23(37)34-36-17-31-24-25(36)32-27(29)33-26(24)38/h6-10,13-17,22H,11-12H2,1-5H3,(H,34,37)(H3,29,32,33,38). The number of hydrogen-bond acceptors (Lipinski definition) is 6. The monoisotopic (exact) mass is 530 g/mol. The largest absolute Gasteiger partial charge is 0.369 e. The quantitative estimate of drug-likeness (QED) is 0.204. The Kier molecular flexibility index (Phi) is 7.91. The van der Waals surface area contributed by atoms with Crippen LogP contribution in [0.25, 0.3) is 11.2 Å². The second kappa shape index (κ2) is 11.1. The molecule has 9 nitrogen and oxygen atoms in total. The number of nitrogens with two attached hydrogens (primary N) is 1. The Bertz CT molecular complexity index is 1550. The zero-order chi connectivity index (χ0) is 27.4. The molecule has 3 aromatic heterocycles. The fraction of sp³-hybridized carbons (Fsp3) is 0.321. The first-order valence-corrected chi connectivity index (χ1v) is 12.9. The van der Waals surface area contributed by atoms with Gasteiger partial charge in [0.05, 0.1) is 12.4 Å². The molecule has 198 valence electrons. The highest BCUT2D eigenvalue weighted by molar-refractivity contribution is 7.71. The lowest BCUT2D eigenvalue weighted by Gasteiger charge is -2.37. The second-order valence-corrected chi connectivity index (χ2v) is 10.6. The predicted octanol–water partition coefficient (Wildman–Crippen LogP) is 5.72. The van der Waals surface area contributed by atoms with Gasteiger partial charge in [-0.05, 0) is 55.7 Å². The molecule has 1 aliphatic carbocycles. The Morgan fingerprint density at radius 3 is 2.79 bits per heavy atom. The number of anilines is 1. The molecule has 1 amide bonds. The van der Waals surface area contributed by atoms with Gasteiger partial charge >= 0.3 is 0 Å². The molecule has 4 N–H and O–H groups in total. The molecule has 38 heavy (non-hydrogen) atoms. The van der Waals surface area contributed by atoms with Crippen molar-refractivity contribution in [1.82, 2.24) is 29.2 Å². The minimum atomic E-state index is -0.309. The Hall–Kier alpha value is -4.05. The van der Waals surface area contributed by atoms with E-state index in [1.807, 2.05) is 43.9 Å². The van der Waals surface area contributed by atoms with Gasteiger partial charge in [-0.25, -0.2) is 19.6 Å². The van der Waals surface area contributed by atoms with E-state index in [-0.39, 0.29) is 21.9 Å². The maximum absolute atomic E-state index is 12.5. The van der Waals surface area contributed by atoms with E-state index in [1.54, 1.807) is 0 Å². The van der Waals surface area contributed by atoms with Crippen molar-refractivity contribution in [2.45, 2.75) is 53.5 Å². The number of aromatic nitrogens is 6. The van der Waals surface area contributed by atoms with Crippen LogP contribution in [0.2, 0.25) is 0 Å². The first kappa shape index (κ1) is 27.0. The lowest BCUT2D eigenvalue weighted by molar-refractivity contribution is -0.112. The molecule has 0 saturated carbocycles. The number of nitrogen functional groups attached to an aromatic ring is 1. The number of fused-ring (bicyclic) bond motifs is 1. The molecule has 0 aromatic carbocycles. The lowest BCUT2D eigenvalue weighted by Crippen LogP contribution is -2.25. The first-order chi connectivity index (χ1) is 18.0. The topological polar surface area (TPSA) is 119 Å². The summed E-state index contributed by atoms with van der Waals surface area (Å²) in [6.07, 6.45) is 21.2. The van der Waals surface area contributed by atoms with Crippen LogP contribution in [-0.4, -0.2) is 35.1 Å². The minimum Gasteiger partial charge on any atom is -0.369 e. The van der Waals surface area contributed by atoms with E-state index in [4.69, 9.17) is 18.0 Å². The van der Waals surface area contributed by atoms with Crippen molar-refractivity contribution < 1.29 is 4.79 Å². The van der Waals surface area contributed by atoms with Crippen molar-refractivity contribution in [3.05, 3.63) is 88.4 Å².